The van der Waals surface area contributed by atoms with Gasteiger partial charge in [-0.05, 0) is 43.4 Å². The van der Waals surface area contributed by atoms with Crippen LogP contribution in [0.1, 0.15) is 53.6 Å². The van der Waals surface area contributed by atoms with Gasteiger partial charge in [0.25, 0.3) is 5.91 Å². The molecule has 1 amide bonds. The Hall–Kier alpha value is -1.79. The summed E-state index contributed by atoms with van der Waals surface area (Å²) in [6.45, 7) is 2.81. The number of hydrogen-bond donors (Lipinski definition) is 2. The highest BCUT2D eigenvalue weighted by molar-refractivity contribution is 5.94. The Kier molecular flexibility index (Phi) is 5.83. The van der Waals surface area contributed by atoms with E-state index in [4.69, 9.17) is 5.11 Å². The summed E-state index contributed by atoms with van der Waals surface area (Å²) in [5.41, 5.74) is 2.57. The van der Waals surface area contributed by atoms with Gasteiger partial charge in [-0.1, -0.05) is 30.7 Å². The van der Waals surface area contributed by atoms with Crippen LogP contribution in [0.4, 0.5) is 0 Å². The first-order chi connectivity index (χ1) is 10.2. The Morgan fingerprint density at radius 1 is 1.38 bits per heavy atom. The van der Waals surface area contributed by atoms with E-state index in [9.17, 15) is 4.79 Å². The van der Waals surface area contributed by atoms with Crippen molar-refractivity contribution in [3.8, 4) is 11.8 Å². The maximum atomic E-state index is 12.2. The van der Waals surface area contributed by atoms with Crippen molar-refractivity contribution in [3.05, 3.63) is 34.9 Å². The number of nitrogens with one attached hydrogen (secondary N) is 1. The third-order valence-electron chi connectivity index (χ3n) is 3.99. The van der Waals surface area contributed by atoms with Gasteiger partial charge in [0, 0.05) is 24.1 Å². The van der Waals surface area contributed by atoms with Gasteiger partial charge in [-0.2, -0.15) is 0 Å². The monoisotopic (exact) mass is 285 g/mol. The average molecular weight is 285 g/mol. The topological polar surface area (TPSA) is 49.3 Å². The largest absolute Gasteiger partial charge is 0.395 e. The fraction of sp³-hybridized carbons (Fsp3) is 0.500. The number of benzene rings is 1. The molecule has 0 saturated heterocycles. The number of hydrogen-bond acceptors (Lipinski definition) is 2. The number of aryl methyl sites for hydroxylation is 1. The van der Waals surface area contributed by atoms with E-state index < -0.39 is 0 Å². The van der Waals surface area contributed by atoms with E-state index in [-0.39, 0.29) is 12.5 Å². The van der Waals surface area contributed by atoms with Crippen LogP contribution in [0.15, 0.2) is 18.2 Å². The highest BCUT2D eigenvalue weighted by Gasteiger charge is 2.16. The molecule has 112 valence electrons. The molecule has 1 saturated carbocycles. The lowest BCUT2D eigenvalue weighted by Crippen LogP contribution is -2.28. The van der Waals surface area contributed by atoms with Gasteiger partial charge in [-0.3, -0.25) is 4.79 Å². The molecule has 1 fully saturated rings. The van der Waals surface area contributed by atoms with Crippen LogP contribution in [-0.2, 0) is 0 Å². The van der Waals surface area contributed by atoms with Crippen molar-refractivity contribution in [2.45, 2.75) is 39.0 Å². The number of aliphatic hydroxyl groups is 1. The number of amides is 1. The van der Waals surface area contributed by atoms with E-state index in [1.165, 1.54) is 25.7 Å². The van der Waals surface area contributed by atoms with Gasteiger partial charge >= 0.3 is 0 Å². The predicted molar refractivity (Wildman–Crippen MR) is 84.1 cm³/mol. The van der Waals surface area contributed by atoms with Crippen molar-refractivity contribution in [2.75, 3.05) is 13.2 Å². The second-order valence-electron chi connectivity index (χ2n) is 5.67. The second-order valence-corrected chi connectivity index (χ2v) is 5.67. The average Bonchev–Trinajstić information content (AvgIpc) is 3.00. The van der Waals surface area contributed by atoms with Crippen LogP contribution in [-0.4, -0.2) is 24.2 Å². The summed E-state index contributed by atoms with van der Waals surface area (Å²) < 4.78 is 0. The summed E-state index contributed by atoms with van der Waals surface area (Å²) in [7, 11) is 0. The Balaban J connectivity index is 2.00. The lowest BCUT2D eigenvalue weighted by atomic mass is 10.0. The molecule has 0 aliphatic heterocycles. The van der Waals surface area contributed by atoms with Gasteiger partial charge < -0.3 is 10.4 Å². The van der Waals surface area contributed by atoms with Crippen molar-refractivity contribution in [1.29, 1.82) is 0 Å². The molecule has 2 rings (SSSR count). The summed E-state index contributed by atoms with van der Waals surface area (Å²) in [6, 6.07) is 5.60. The van der Waals surface area contributed by atoms with Gasteiger partial charge in [0.1, 0.15) is 0 Å². The maximum Gasteiger partial charge on any atom is 0.251 e. The highest BCUT2D eigenvalue weighted by atomic mass is 16.2. The van der Waals surface area contributed by atoms with Crippen LogP contribution in [0.2, 0.25) is 0 Å². The third kappa shape index (κ3) is 4.61. The fourth-order valence-corrected chi connectivity index (χ4v) is 2.67. The first-order valence-corrected chi connectivity index (χ1v) is 7.69. The molecule has 0 aromatic heterocycles. The molecule has 0 unspecified atom stereocenters. The van der Waals surface area contributed by atoms with Crippen LogP contribution in [0.3, 0.4) is 0 Å². The fourth-order valence-electron chi connectivity index (χ4n) is 2.67. The number of carbonyl (C=O) groups is 1. The molecule has 1 aromatic rings. The van der Waals surface area contributed by atoms with E-state index in [0.29, 0.717) is 17.9 Å². The molecule has 0 radical (unpaired) electrons. The highest BCUT2D eigenvalue weighted by Crippen LogP contribution is 2.23. The first kappa shape index (κ1) is 15.6. The molecule has 0 bridgehead atoms. The summed E-state index contributed by atoms with van der Waals surface area (Å²) in [5, 5.41) is 11.8. The predicted octanol–water partition coefficient (Wildman–Crippen LogP) is 2.65. The normalized spacial score (nSPS) is 14.6. The van der Waals surface area contributed by atoms with Crippen LogP contribution < -0.4 is 5.32 Å². The molecule has 0 spiro atoms. The van der Waals surface area contributed by atoms with E-state index in [1.54, 1.807) is 0 Å². The Bertz CT molecular complexity index is 548. The van der Waals surface area contributed by atoms with E-state index >= 15 is 0 Å². The minimum Gasteiger partial charge on any atom is -0.395 e. The van der Waals surface area contributed by atoms with Gasteiger partial charge in [-0.15, -0.1) is 0 Å². The Morgan fingerprint density at radius 2 is 2.14 bits per heavy atom. The van der Waals surface area contributed by atoms with Crippen LogP contribution in [0, 0.1) is 24.7 Å². The standard InChI is InChI=1S/C18H23NO2/c1-14-9-10-17(12-16(14)8-4-5-11-20)18(21)19-13-15-6-2-3-7-15/h9-10,12,15,20H,2-3,5-7,11,13H2,1H3,(H,19,21). The zero-order valence-electron chi connectivity index (χ0n) is 12.6. The summed E-state index contributed by atoms with van der Waals surface area (Å²) in [6.07, 6.45) is 5.49. The molecular formula is C18H23NO2. The van der Waals surface area contributed by atoms with Crippen molar-refractivity contribution in [3.63, 3.8) is 0 Å². The number of rotatable bonds is 4. The van der Waals surface area contributed by atoms with Crippen molar-refractivity contribution >= 4 is 5.91 Å². The lowest BCUT2D eigenvalue weighted by Gasteiger charge is -2.11. The van der Waals surface area contributed by atoms with Crippen LogP contribution >= 0.6 is 0 Å². The molecule has 2 N–H and O–H groups in total. The first-order valence-electron chi connectivity index (χ1n) is 7.69. The quantitative estimate of drug-likeness (QED) is 0.836. The van der Waals surface area contributed by atoms with E-state index in [0.717, 1.165) is 17.7 Å². The number of carbonyl (C=O) groups excluding carboxylic acids is 1. The lowest BCUT2D eigenvalue weighted by molar-refractivity contribution is 0.0947. The molecular weight excluding hydrogens is 262 g/mol. The maximum absolute atomic E-state index is 12.2. The van der Waals surface area contributed by atoms with Crippen LogP contribution in [0.25, 0.3) is 0 Å². The number of aliphatic hydroxyl groups excluding tert-OH is 1. The molecule has 0 atom stereocenters. The summed E-state index contributed by atoms with van der Waals surface area (Å²) in [5.74, 6) is 6.54. The van der Waals surface area contributed by atoms with Crippen molar-refractivity contribution < 1.29 is 9.90 Å². The molecule has 0 heterocycles. The van der Waals surface area contributed by atoms with E-state index in [1.807, 2.05) is 25.1 Å². The van der Waals surface area contributed by atoms with Gasteiger partial charge in [0.15, 0.2) is 0 Å². The molecule has 3 nitrogen and oxygen atoms in total. The molecule has 21 heavy (non-hydrogen) atoms. The SMILES string of the molecule is Cc1ccc(C(=O)NCC2CCCC2)cc1C#CCCO. The van der Waals surface area contributed by atoms with Gasteiger partial charge in [0.2, 0.25) is 0 Å². The Morgan fingerprint density at radius 3 is 2.86 bits per heavy atom. The zero-order chi connectivity index (χ0) is 15.1. The smallest absolute Gasteiger partial charge is 0.251 e. The molecule has 1 aromatic carbocycles. The van der Waals surface area contributed by atoms with Gasteiger partial charge in [0.05, 0.1) is 6.61 Å². The minimum atomic E-state index is -0.0212. The molecule has 1 aliphatic rings. The Labute approximate surface area is 126 Å². The second kappa shape index (κ2) is 7.85. The van der Waals surface area contributed by atoms with Gasteiger partial charge in [-0.25, -0.2) is 0 Å². The summed E-state index contributed by atoms with van der Waals surface area (Å²) >= 11 is 0. The third-order valence-corrected chi connectivity index (χ3v) is 3.99. The van der Waals surface area contributed by atoms with Crippen molar-refractivity contribution in [2.24, 2.45) is 5.92 Å². The summed E-state index contributed by atoms with van der Waals surface area (Å²) in [4.78, 5) is 12.2. The van der Waals surface area contributed by atoms with Crippen LogP contribution in [0.5, 0.6) is 0 Å². The van der Waals surface area contributed by atoms with Crippen molar-refractivity contribution in [1.82, 2.24) is 5.32 Å². The molecule has 1 aliphatic carbocycles. The minimum absolute atomic E-state index is 0.0212. The molecule has 3 heteroatoms. The van der Waals surface area contributed by atoms with E-state index in [2.05, 4.69) is 17.2 Å². The zero-order valence-corrected chi connectivity index (χ0v) is 12.6.